The van der Waals surface area contributed by atoms with Crippen LogP contribution < -0.4 is 15.2 Å². The lowest BCUT2D eigenvalue weighted by Crippen LogP contribution is -2.03. The van der Waals surface area contributed by atoms with Gasteiger partial charge in [0, 0.05) is 0 Å². The van der Waals surface area contributed by atoms with Gasteiger partial charge in [0.25, 0.3) is 0 Å². The van der Waals surface area contributed by atoms with E-state index in [9.17, 15) is 0 Å². The van der Waals surface area contributed by atoms with Crippen molar-refractivity contribution in [3.63, 3.8) is 0 Å². The molecule has 1 heterocycles. The van der Waals surface area contributed by atoms with E-state index in [1.807, 2.05) is 24.3 Å². The molecule has 0 bridgehead atoms. The van der Waals surface area contributed by atoms with E-state index in [1.165, 1.54) is 7.11 Å². The van der Waals surface area contributed by atoms with Gasteiger partial charge in [-0.1, -0.05) is 12.1 Å². The first-order chi connectivity index (χ1) is 8.19. The molecular formula is C10H9IN4O2. The second kappa shape index (κ2) is 5.13. The number of aromatic nitrogens is 3. The van der Waals surface area contributed by atoms with Crippen molar-refractivity contribution in [2.75, 3.05) is 12.8 Å². The Labute approximate surface area is 111 Å². The van der Waals surface area contributed by atoms with Gasteiger partial charge in [-0.2, -0.15) is 9.97 Å². The van der Waals surface area contributed by atoms with Gasteiger partial charge in [0.1, 0.15) is 5.75 Å². The molecule has 1 aromatic carbocycles. The predicted molar refractivity (Wildman–Crippen MR) is 70.0 cm³/mol. The lowest BCUT2D eigenvalue weighted by atomic mass is 10.3. The maximum absolute atomic E-state index is 5.50. The number of nitrogen functional groups attached to an aromatic ring is 1. The lowest BCUT2D eigenvalue weighted by molar-refractivity contribution is 0.360. The topological polar surface area (TPSA) is 83.2 Å². The number of methoxy groups -OCH3 is 1. The molecule has 0 amide bonds. The smallest absolute Gasteiger partial charge is 0.330 e. The summed E-state index contributed by atoms with van der Waals surface area (Å²) in [6, 6.07) is 7.74. The van der Waals surface area contributed by atoms with E-state index in [1.54, 1.807) is 0 Å². The second-order valence-corrected chi connectivity index (χ2v) is 4.16. The van der Waals surface area contributed by atoms with Crippen molar-refractivity contribution in [2.45, 2.75) is 0 Å². The predicted octanol–water partition coefficient (Wildman–Crippen LogP) is 1.86. The Morgan fingerprint density at radius 3 is 2.53 bits per heavy atom. The highest BCUT2D eigenvalue weighted by Crippen LogP contribution is 2.24. The van der Waals surface area contributed by atoms with Crippen LogP contribution in [-0.4, -0.2) is 22.1 Å². The highest BCUT2D eigenvalue weighted by molar-refractivity contribution is 14.1. The molecule has 2 rings (SSSR count). The van der Waals surface area contributed by atoms with Crippen molar-refractivity contribution in [3.8, 4) is 17.8 Å². The molecule has 0 saturated carbocycles. The molecular weight excluding hydrogens is 335 g/mol. The van der Waals surface area contributed by atoms with Gasteiger partial charge in [-0.15, -0.1) is 4.98 Å². The van der Waals surface area contributed by atoms with Crippen LogP contribution in [0.15, 0.2) is 24.3 Å². The van der Waals surface area contributed by atoms with Crippen LogP contribution in [0.2, 0.25) is 0 Å². The van der Waals surface area contributed by atoms with Crippen LogP contribution in [0.4, 0.5) is 5.95 Å². The molecule has 2 aromatic rings. The molecule has 88 valence electrons. The van der Waals surface area contributed by atoms with Crippen LogP contribution in [0.5, 0.6) is 17.8 Å². The molecule has 0 aliphatic rings. The van der Waals surface area contributed by atoms with Gasteiger partial charge in [0.05, 0.1) is 10.7 Å². The van der Waals surface area contributed by atoms with Gasteiger partial charge in [-0.05, 0) is 34.7 Å². The third-order valence-electron chi connectivity index (χ3n) is 1.83. The van der Waals surface area contributed by atoms with Crippen LogP contribution in [-0.2, 0) is 0 Å². The fraction of sp³-hybridized carbons (Fsp3) is 0.100. The third kappa shape index (κ3) is 2.93. The van der Waals surface area contributed by atoms with Gasteiger partial charge in [0.2, 0.25) is 5.95 Å². The number of para-hydroxylation sites is 1. The normalized spacial score (nSPS) is 10.0. The van der Waals surface area contributed by atoms with Crippen molar-refractivity contribution < 1.29 is 9.47 Å². The Morgan fingerprint density at radius 2 is 1.82 bits per heavy atom. The average molecular weight is 344 g/mol. The summed E-state index contributed by atoms with van der Waals surface area (Å²) in [4.78, 5) is 11.6. The summed E-state index contributed by atoms with van der Waals surface area (Å²) in [5.74, 6) is 0.707. The number of halogens is 1. The zero-order valence-corrected chi connectivity index (χ0v) is 11.1. The van der Waals surface area contributed by atoms with Crippen LogP contribution in [0.25, 0.3) is 0 Å². The van der Waals surface area contributed by atoms with Gasteiger partial charge < -0.3 is 15.2 Å². The zero-order valence-electron chi connectivity index (χ0n) is 8.92. The Kier molecular flexibility index (Phi) is 3.57. The Hall–Kier alpha value is -1.64. The fourth-order valence-electron chi connectivity index (χ4n) is 1.12. The minimum absolute atomic E-state index is 0.0535. The van der Waals surface area contributed by atoms with E-state index in [4.69, 9.17) is 15.2 Å². The molecule has 0 aliphatic carbocycles. The first-order valence-electron chi connectivity index (χ1n) is 4.67. The van der Waals surface area contributed by atoms with Crippen LogP contribution in [0.1, 0.15) is 0 Å². The highest BCUT2D eigenvalue weighted by Gasteiger charge is 2.08. The number of rotatable bonds is 3. The monoisotopic (exact) mass is 344 g/mol. The molecule has 0 aliphatic heterocycles. The Balaban J connectivity index is 2.30. The zero-order chi connectivity index (χ0) is 12.3. The quantitative estimate of drug-likeness (QED) is 0.856. The maximum Gasteiger partial charge on any atom is 0.330 e. The summed E-state index contributed by atoms with van der Waals surface area (Å²) in [7, 11) is 1.45. The molecule has 0 saturated heterocycles. The van der Waals surface area contributed by atoms with Crippen molar-refractivity contribution >= 4 is 28.5 Å². The van der Waals surface area contributed by atoms with E-state index < -0.39 is 0 Å². The number of hydrogen-bond acceptors (Lipinski definition) is 6. The van der Waals surface area contributed by atoms with Crippen molar-refractivity contribution in [1.29, 1.82) is 0 Å². The van der Waals surface area contributed by atoms with Gasteiger partial charge in [-0.25, -0.2) is 0 Å². The third-order valence-corrected chi connectivity index (χ3v) is 2.72. The van der Waals surface area contributed by atoms with Crippen molar-refractivity contribution in [2.24, 2.45) is 0 Å². The first kappa shape index (κ1) is 11.8. The van der Waals surface area contributed by atoms with E-state index in [0.717, 1.165) is 3.57 Å². The molecule has 0 fully saturated rings. The highest BCUT2D eigenvalue weighted by atomic mass is 127. The van der Waals surface area contributed by atoms with Gasteiger partial charge in [-0.3, -0.25) is 0 Å². The average Bonchev–Trinajstić information content (AvgIpc) is 2.31. The van der Waals surface area contributed by atoms with Crippen LogP contribution in [0, 0.1) is 3.57 Å². The van der Waals surface area contributed by atoms with E-state index in [-0.39, 0.29) is 18.0 Å². The molecule has 0 unspecified atom stereocenters. The summed E-state index contributed by atoms with van der Waals surface area (Å²) in [5, 5.41) is 0. The summed E-state index contributed by atoms with van der Waals surface area (Å²) in [6.07, 6.45) is 0. The molecule has 0 atom stereocenters. The molecule has 17 heavy (non-hydrogen) atoms. The number of hydrogen-bond donors (Lipinski definition) is 1. The SMILES string of the molecule is COc1nc(N)nc(Oc2ccccc2I)n1. The summed E-state index contributed by atoms with van der Waals surface area (Å²) < 4.78 is 11.3. The number of anilines is 1. The minimum Gasteiger partial charge on any atom is -0.467 e. The summed E-state index contributed by atoms with van der Waals surface area (Å²) in [6.45, 7) is 0. The Morgan fingerprint density at radius 1 is 1.12 bits per heavy atom. The molecule has 0 spiro atoms. The minimum atomic E-state index is 0.0535. The maximum atomic E-state index is 5.50. The lowest BCUT2D eigenvalue weighted by Gasteiger charge is -2.06. The van der Waals surface area contributed by atoms with Crippen LogP contribution >= 0.6 is 22.6 Å². The summed E-state index contributed by atoms with van der Waals surface area (Å²) in [5.41, 5.74) is 5.50. The summed E-state index contributed by atoms with van der Waals surface area (Å²) >= 11 is 2.16. The molecule has 0 radical (unpaired) electrons. The van der Waals surface area contributed by atoms with Gasteiger partial charge >= 0.3 is 12.0 Å². The van der Waals surface area contributed by atoms with Crippen LogP contribution in [0.3, 0.4) is 0 Å². The molecule has 2 N–H and O–H groups in total. The molecule has 1 aromatic heterocycles. The largest absolute Gasteiger partial charge is 0.467 e. The van der Waals surface area contributed by atoms with E-state index in [2.05, 4.69) is 37.5 Å². The number of nitrogens with zero attached hydrogens (tertiary/aromatic N) is 3. The number of nitrogens with two attached hydrogens (primary N) is 1. The molecule has 7 heteroatoms. The van der Waals surface area contributed by atoms with Gasteiger partial charge in [0.15, 0.2) is 0 Å². The first-order valence-corrected chi connectivity index (χ1v) is 5.75. The fourth-order valence-corrected chi connectivity index (χ4v) is 1.61. The van der Waals surface area contributed by atoms with Crippen molar-refractivity contribution in [1.82, 2.24) is 15.0 Å². The Bertz CT molecular complexity index is 535. The standard InChI is InChI=1S/C10H9IN4O2/c1-16-9-13-8(12)14-10(15-9)17-7-5-3-2-4-6(7)11/h2-5H,1H3,(H2,12,13,14,15). The number of ether oxygens (including phenoxy) is 2. The van der Waals surface area contributed by atoms with Crippen molar-refractivity contribution in [3.05, 3.63) is 27.8 Å². The van der Waals surface area contributed by atoms with E-state index in [0.29, 0.717) is 5.75 Å². The second-order valence-electron chi connectivity index (χ2n) is 3.00. The van der Waals surface area contributed by atoms with E-state index >= 15 is 0 Å². The molecule has 6 nitrogen and oxygen atoms in total. The number of benzene rings is 1.